The molecule has 1 N–H and O–H groups in total. The van der Waals surface area contributed by atoms with Crippen molar-refractivity contribution in [3.8, 4) is 0 Å². The summed E-state index contributed by atoms with van der Waals surface area (Å²) in [5.74, 6) is 0. The molecule has 6 heteroatoms. The van der Waals surface area contributed by atoms with Crippen LogP contribution in [0.15, 0.2) is 22.7 Å². The van der Waals surface area contributed by atoms with Crippen molar-refractivity contribution in [1.82, 2.24) is 0 Å². The van der Waals surface area contributed by atoms with E-state index in [2.05, 4.69) is 21.2 Å². The monoisotopic (exact) mass is 355 g/mol. The Hall–Kier alpha value is -0.420. The highest BCUT2D eigenvalue weighted by Gasteiger charge is 2.31. The van der Waals surface area contributed by atoms with Gasteiger partial charge in [-0.1, -0.05) is 0 Å². The van der Waals surface area contributed by atoms with Crippen molar-refractivity contribution >= 4 is 33.2 Å². The minimum absolute atomic E-state index is 0.231. The average molecular weight is 357 g/mol. The second-order valence-corrected chi connectivity index (χ2v) is 6.26. The third-order valence-corrected chi connectivity index (χ3v) is 4.41. The molecule has 1 aliphatic carbocycles. The van der Waals surface area contributed by atoms with E-state index in [1.165, 1.54) is 6.07 Å². The van der Waals surface area contributed by atoms with Gasteiger partial charge in [0.15, 0.2) is 0 Å². The Morgan fingerprint density at radius 3 is 2.32 bits per heavy atom. The highest BCUT2D eigenvalue weighted by atomic mass is 79.9. The predicted octanol–water partition coefficient (Wildman–Crippen LogP) is 5.43. The first kappa shape index (κ1) is 15.0. The molecular weight excluding hydrogens is 343 g/mol. The van der Waals surface area contributed by atoms with Gasteiger partial charge in [0.1, 0.15) is 0 Å². The van der Waals surface area contributed by atoms with Crippen LogP contribution in [0.1, 0.15) is 31.2 Å². The van der Waals surface area contributed by atoms with Crippen molar-refractivity contribution in [2.24, 2.45) is 0 Å². The molecule has 1 nitrogen and oxygen atoms in total. The molecule has 0 atom stereocenters. The molecule has 0 amide bonds. The van der Waals surface area contributed by atoms with E-state index in [0.29, 0.717) is 10.2 Å². The Labute approximate surface area is 123 Å². The number of alkyl halides is 4. The van der Waals surface area contributed by atoms with Crippen molar-refractivity contribution < 1.29 is 13.2 Å². The molecule has 106 valence electrons. The molecule has 1 aromatic carbocycles. The largest absolute Gasteiger partial charge is 0.416 e. The highest BCUT2D eigenvalue weighted by Crippen LogP contribution is 2.35. The minimum Gasteiger partial charge on any atom is -0.381 e. The molecule has 19 heavy (non-hydrogen) atoms. The summed E-state index contributed by atoms with van der Waals surface area (Å²) in [5.41, 5.74) is 0.0559. The first-order chi connectivity index (χ1) is 8.86. The maximum Gasteiger partial charge on any atom is 0.416 e. The minimum atomic E-state index is -4.31. The number of nitrogens with one attached hydrogen (secondary N) is 1. The summed E-state index contributed by atoms with van der Waals surface area (Å²) in [6, 6.07) is 3.96. The molecule has 1 fully saturated rings. The summed E-state index contributed by atoms with van der Waals surface area (Å²) in [6.45, 7) is 0. The van der Waals surface area contributed by atoms with E-state index in [1.54, 1.807) is 0 Å². The zero-order valence-corrected chi connectivity index (χ0v) is 12.4. The van der Waals surface area contributed by atoms with Gasteiger partial charge in [-0.15, -0.1) is 11.6 Å². The van der Waals surface area contributed by atoms with Crippen LogP contribution in [0.5, 0.6) is 0 Å². The summed E-state index contributed by atoms with van der Waals surface area (Å²) in [6.07, 6.45) is -0.532. The van der Waals surface area contributed by atoms with Crippen LogP contribution in [0.3, 0.4) is 0 Å². The van der Waals surface area contributed by atoms with Crippen LogP contribution in [0.25, 0.3) is 0 Å². The zero-order valence-electron chi connectivity index (χ0n) is 10.1. The quantitative estimate of drug-likeness (QED) is 0.697. The number of hydrogen-bond acceptors (Lipinski definition) is 1. The molecule has 2 rings (SSSR count). The molecule has 1 aromatic rings. The van der Waals surface area contributed by atoms with Crippen LogP contribution >= 0.6 is 27.5 Å². The van der Waals surface area contributed by atoms with Gasteiger partial charge in [0.2, 0.25) is 0 Å². The van der Waals surface area contributed by atoms with Crippen LogP contribution < -0.4 is 5.32 Å². The molecule has 0 aromatic heterocycles. The molecule has 1 saturated carbocycles. The fraction of sp³-hybridized carbons (Fsp3) is 0.538. The Morgan fingerprint density at radius 2 is 1.79 bits per heavy atom. The molecule has 1 aliphatic rings. The van der Waals surface area contributed by atoms with E-state index < -0.39 is 11.7 Å². The molecule has 0 bridgehead atoms. The second kappa shape index (κ2) is 5.92. The van der Waals surface area contributed by atoms with Crippen LogP contribution in [-0.4, -0.2) is 11.4 Å². The molecule has 0 spiro atoms. The Bertz CT molecular complexity index is 442. The van der Waals surface area contributed by atoms with Gasteiger partial charge in [-0.05, 0) is 59.8 Å². The number of benzene rings is 1. The van der Waals surface area contributed by atoms with Crippen molar-refractivity contribution in [2.45, 2.75) is 43.3 Å². The molecule has 0 heterocycles. The lowest BCUT2D eigenvalue weighted by Gasteiger charge is -2.27. The Balaban J connectivity index is 2.05. The summed E-state index contributed by atoms with van der Waals surface area (Å²) in [7, 11) is 0. The number of halogens is 5. The average Bonchev–Trinajstić information content (AvgIpc) is 2.33. The first-order valence-corrected chi connectivity index (χ1v) is 7.36. The lowest BCUT2D eigenvalue weighted by molar-refractivity contribution is -0.137. The third kappa shape index (κ3) is 4.02. The fourth-order valence-corrected chi connectivity index (χ4v) is 2.97. The number of anilines is 1. The molecule has 0 aliphatic heterocycles. The fourth-order valence-electron chi connectivity index (χ4n) is 2.23. The number of hydrogen-bond donors (Lipinski definition) is 1. The van der Waals surface area contributed by atoms with E-state index in [9.17, 15) is 13.2 Å². The van der Waals surface area contributed by atoms with Crippen LogP contribution in [0.4, 0.5) is 18.9 Å². The normalized spacial score (nSPS) is 24.3. The molecular formula is C13H14BrClF3N. The van der Waals surface area contributed by atoms with Crippen molar-refractivity contribution in [2.75, 3.05) is 5.32 Å². The van der Waals surface area contributed by atoms with Crippen molar-refractivity contribution in [1.29, 1.82) is 0 Å². The highest BCUT2D eigenvalue weighted by molar-refractivity contribution is 9.10. The lowest BCUT2D eigenvalue weighted by Crippen LogP contribution is -2.26. The van der Waals surface area contributed by atoms with Gasteiger partial charge in [0.05, 0.1) is 5.56 Å². The lowest BCUT2D eigenvalue weighted by atomic mass is 9.95. The summed E-state index contributed by atoms with van der Waals surface area (Å²) >= 11 is 9.21. The van der Waals surface area contributed by atoms with Gasteiger partial charge in [0, 0.05) is 21.6 Å². The first-order valence-electron chi connectivity index (χ1n) is 6.13. The standard InChI is InChI=1S/C13H14BrClF3N/c14-11-7-8(13(16,17)18)1-6-12(11)19-10-4-2-9(15)3-5-10/h1,6-7,9-10,19H,2-5H2. The van der Waals surface area contributed by atoms with E-state index in [1.807, 2.05) is 0 Å². The van der Waals surface area contributed by atoms with Gasteiger partial charge in [0.25, 0.3) is 0 Å². The van der Waals surface area contributed by atoms with Crippen LogP contribution in [0, 0.1) is 0 Å². The molecule has 0 unspecified atom stereocenters. The SMILES string of the molecule is FC(F)(F)c1ccc(NC2CCC(Cl)CC2)c(Br)c1. The third-order valence-electron chi connectivity index (χ3n) is 3.31. The maximum atomic E-state index is 12.5. The predicted molar refractivity (Wildman–Crippen MR) is 74.7 cm³/mol. The van der Waals surface area contributed by atoms with E-state index in [0.717, 1.165) is 37.8 Å². The smallest absolute Gasteiger partial charge is 0.381 e. The Kier molecular flexibility index (Phi) is 4.66. The van der Waals surface area contributed by atoms with Gasteiger partial charge < -0.3 is 5.32 Å². The summed E-state index contributed by atoms with van der Waals surface area (Å²) in [5, 5.41) is 3.51. The summed E-state index contributed by atoms with van der Waals surface area (Å²) < 4.78 is 38.1. The van der Waals surface area contributed by atoms with Crippen LogP contribution in [0.2, 0.25) is 0 Å². The number of rotatable bonds is 2. The molecule has 0 saturated heterocycles. The van der Waals surface area contributed by atoms with Crippen LogP contribution in [-0.2, 0) is 6.18 Å². The van der Waals surface area contributed by atoms with Crippen molar-refractivity contribution in [3.05, 3.63) is 28.2 Å². The Morgan fingerprint density at radius 1 is 1.16 bits per heavy atom. The van der Waals surface area contributed by atoms with E-state index in [-0.39, 0.29) is 11.4 Å². The van der Waals surface area contributed by atoms with E-state index >= 15 is 0 Å². The zero-order chi connectivity index (χ0) is 14.0. The topological polar surface area (TPSA) is 12.0 Å². The maximum absolute atomic E-state index is 12.5. The van der Waals surface area contributed by atoms with Gasteiger partial charge in [-0.25, -0.2) is 0 Å². The van der Waals surface area contributed by atoms with Gasteiger partial charge in [-0.2, -0.15) is 13.2 Å². The van der Waals surface area contributed by atoms with Gasteiger partial charge >= 0.3 is 6.18 Å². The summed E-state index contributed by atoms with van der Waals surface area (Å²) in [4.78, 5) is 0. The van der Waals surface area contributed by atoms with E-state index in [4.69, 9.17) is 11.6 Å². The molecule has 0 radical (unpaired) electrons. The van der Waals surface area contributed by atoms with Gasteiger partial charge in [-0.3, -0.25) is 0 Å². The van der Waals surface area contributed by atoms with Crippen molar-refractivity contribution in [3.63, 3.8) is 0 Å². The second-order valence-electron chi connectivity index (χ2n) is 4.79.